The van der Waals surface area contributed by atoms with E-state index in [1.54, 1.807) is 24.8 Å². The Morgan fingerprint density at radius 3 is 2.85 bits per heavy atom. The average molecular weight is 440 g/mol. The predicted molar refractivity (Wildman–Crippen MR) is 126 cm³/mol. The molecule has 4 aromatic heterocycles. The molecule has 33 heavy (non-hydrogen) atoms. The number of allylic oxidation sites excluding steroid dienone is 1. The van der Waals surface area contributed by atoms with Crippen LogP contribution in [0.4, 0.5) is 4.39 Å². The Balaban J connectivity index is 1.63. The lowest BCUT2D eigenvalue weighted by atomic mass is 10.1. The highest BCUT2D eigenvalue weighted by Crippen LogP contribution is 2.32. The molecular weight excluding hydrogens is 423 g/mol. The number of hydrogen-bond donors (Lipinski definition) is 3. The molecule has 9 nitrogen and oxygen atoms in total. The van der Waals surface area contributed by atoms with Crippen molar-refractivity contribution in [2.24, 2.45) is 9.98 Å². The molecule has 0 amide bonds. The Morgan fingerprint density at radius 1 is 1.15 bits per heavy atom. The van der Waals surface area contributed by atoms with Crippen molar-refractivity contribution in [1.82, 2.24) is 30.1 Å². The van der Waals surface area contributed by atoms with Gasteiger partial charge in [-0.15, -0.1) is 0 Å². The standard InChI is InChI=1S/C23H17FN8O/c1-12(7-27-11-25-2)18-6-16-19(10-28-18)31-32-22(16)23-29-20-9-26-8-17(21(20)30-23)13-3-14(24)5-15(33)4-13/h3-11,33H,2H2,1H3,(H,29,30)(H,31,32)/b12-7+,27-11-. The van der Waals surface area contributed by atoms with Crippen LogP contribution in [0.3, 0.4) is 0 Å². The highest BCUT2D eigenvalue weighted by molar-refractivity contribution is 5.97. The van der Waals surface area contributed by atoms with Crippen LogP contribution in [0.25, 0.3) is 50.2 Å². The molecule has 0 aliphatic rings. The molecule has 0 saturated carbocycles. The van der Waals surface area contributed by atoms with Crippen LogP contribution >= 0.6 is 0 Å². The van der Waals surface area contributed by atoms with E-state index in [-0.39, 0.29) is 5.75 Å². The summed E-state index contributed by atoms with van der Waals surface area (Å²) in [5, 5.41) is 18.0. The van der Waals surface area contributed by atoms with Gasteiger partial charge in [0.25, 0.3) is 0 Å². The topological polar surface area (TPSA) is 128 Å². The third-order valence-electron chi connectivity index (χ3n) is 5.08. The number of aromatic amines is 2. The number of nitrogens with one attached hydrogen (secondary N) is 2. The summed E-state index contributed by atoms with van der Waals surface area (Å²) in [4.78, 5) is 24.3. The smallest absolute Gasteiger partial charge is 0.159 e. The first kappa shape index (κ1) is 20.2. The maximum atomic E-state index is 13.9. The van der Waals surface area contributed by atoms with Crippen molar-refractivity contribution in [3.8, 4) is 28.4 Å². The molecule has 3 N–H and O–H groups in total. The van der Waals surface area contributed by atoms with Gasteiger partial charge in [-0.2, -0.15) is 5.10 Å². The van der Waals surface area contributed by atoms with Gasteiger partial charge in [-0.05, 0) is 43.0 Å². The molecule has 0 aliphatic heterocycles. The fourth-order valence-corrected chi connectivity index (χ4v) is 3.56. The third-order valence-corrected chi connectivity index (χ3v) is 5.08. The van der Waals surface area contributed by atoms with E-state index in [9.17, 15) is 9.50 Å². The van der Waals surface area contributed by atoms with E-state index >= 15 is 0 Å². The number of phenolic OH excluding ortho intramolecular Hbond substituents is 1. The number of nitrogens with zero attached hydrogens (tertiary/aromatic N) is 6. The van der Waals surface area contributed by atoms with Gasteiger partial charge in [0.05, 0.1) is 34.6 Å². The van der Waals surface area contributed by atoms with Crippen molar-refractivity contribution in [3.63, 3.8) is 0 Å². The van der Waals surface area contributed by atoms with Crippen LogP contribution in [0.1, 0.15) is 12.6 Å². The van der Waals surface area contributed by atoms with Gasteiger partial charge in [-0.1, -0.05) is 0 Å². The summed E-state index contributed by atoms with van der Waals surface area (Å²) in [6.07, 6.45) is 7.91. The molecule has 0 unspecified atom stereocenters. The van der Waals surface area contributed by atoms with Crippen molar-refractivity contribution in [1.29, 1.82) is 0 Å². The van der Waals surface area contributed by atoms with Crippen molar-refractivity contribution in [2.75, 3.05) is 0 Å². The first-order valence-corrected chi connectivity index (χ1v) is 9.86. The van der Waals surface area contributed by atoms with E-state index in [4.69, 9.17) is 4.98 Å². The number of rotatable bonds is 5. The minimum atomic E-state index is -0.548. The molecule has 1 aromatic carbocycles. The number of pyridine rings is 2. The molecule has 0 radical (unpaired) electrons. The lowest BCUT2D eigenvalue weighted by molar-refractivity contribution is 0.469. The highest BCUT2D eigenvalue weighted by Gasteiger charge is 2.17. The molecule has 5 aromatic rings. The van der Waals surface area contributed by atoms with Crippen LogP contribution in [0.5, 0.6) is 5.75 Å². The Kier molecular flexibility index (Phi) is 4.94. The van der Waals surface area contributed by atoms with Crippen molar-refractivity contribution < 1.29 is 9.50 Å². The van der Waals surface area contributed by atoms with E-state index in [2.05, 4.69) is 41.9 Å². The summed E-state index contributed by atoms with van der Waals surface area (Å²) in [7, 11) is 0. The Labute approximate surface area is 186 Å². The average Bonchev–Trinajstić information content (AvgIpc) is 3.41. The summed E-state index contributed by atoms with van der Waals surface area (Å²) in [6, 6.07) is 5.74. The largest absolute Gasteiger partial charge is 0.508 e. The van der Waals surface area contributed by atoms with Crippen molar-refractivity contribution in [3.05, 3.63) is 60.6 Å². The molecular formula is C23H17FN8O. The van der Waals surface area contributed by atoms with E-state index in [0.29, 0.717) is 33.7 Å². The Morgan fingerprint density at radius 2 is 2.03 bits per heavy atom. The summed E-state index contributed by atoms with van der Waals surface area (Å²) < 4.78 is 13.9. The van der Waals surface area contributed by atoms with Crippen LogP contribution in [-0.4, -0.2) is 48.3 Å². The quantitative estimate of drug-likeness (QED) is 0.274. The van der Waals surface area contributed by atoms with E-state index in [1.807, 2.05) is 13.0 Å². The number of phenols is 1. The Hall–Kier alpha value is -4.73. The second-order valence-corrected chi connectivity index (χ2v) is 7.31. The number of aromatic hydroxyl groups is 1. The van der Waals surface area contributed by atoms with Crippen molar-refractivity contribution in [2.45, 2.75) is 6.92 Å². The van der Waals surface area contributed by atoms with Crippen LogP contribution in [-0.2, 0) is 0 Å². The van der Waals surface area contributed by atoms with Gasteiger partial charge in [0.15, 0.2) is 5.82 Å². The normalized spacial score (nSPS) is 12.2. The molecule has 0 fully saturated rings. The van der Waals surface area contributed by atoms with Crippen LogP contribution in [0, 0.1) is 5.82 Å². The van der Waals surface area contributed by atoms with Gasteiger partial charge in [0.2, 0.25) is 0 Å². The highest BCUT2D eigenvalue weighted by atomic mass is 19.1. The fourth-order valence-electron chi connectivity index (χ4n) is 3.56. The fraction of sp³-hybridized carbons (Fsp3) is 0.0435. The SMILES string of the molecule is C=N/C=N\C=C(/C)c1cc2c(-c3nc4c(-c5cc(O)cc(F)c5)cncc4[nH]3)n[nH]c2cn1. The van der Waals surface area contributed by atoms with Gasteiger partial charge in [0.1, 0.15) is 23.6 Å². The number of H-pyrrole nitrogens is 2. The second kappa shape index (κ2) is 8.08. The maximum Gasteiger partial charge on any atom is 0.159 e. The number of imidazole rings is 1. The molecule has 0 bridgehead atoms. The molecule has 0 atom stereocenters. The van der Waals surface area contributed by atoms with E-state index in [0.717, 1.165) is 28.2 Å². The van der Waals surface area contributed by atoms with Gasteiger partial charge in [-0.25, -0.2) is 14.4 Å². The van der Waals surface area contributed by atoms with Gasteiger partial charge in [-0.3, -0.25) is 20.1 Å². The number of hydrogen-bond acceptors (Lipinski definition) is 6. The molecule has 0 saturated heterocycles. The van der Waals surface area contributed by atoms with E-state index in [1.165, 1.54) is 18.5 Å². The van der Waals surface area contributed by atoms with Crippen LogP contribution in [0.15, 0.2) is 59.0 Å². The Bertz CT molecular complexity index is 1560. The number of halogens is 1. The number of fused-ring (bicyclic) bond motifs is 2. The van der Waals surface area contributed by atoms with Gasteiger partial charge in [0, 0.05) is 29.4 Å². The van der Waals surface area contributed by atoms with Crippen LogP contribution in [0.2, 0.25) is 0 Å². The minimum absolute atomic E-state index is 0.173. The zero-order chi connectivity index (χ0) is 22.9. The maximum absolute atomic E-state index is 13.9. The molecule has 162 valence electrons. The van der Waals surface area contributed by atoms with Crippen molar-refractivity contribution >= 4 is 40.6 Å². The number of aliphatic imine (C=N–C) groups is 2. The first-order chi connectivity index (χ1) is 16.0. The summed E-state index contributed by atoms with van der Waals surface area (Å²) in [6.45, 7) is 5.25. The second-order valence-electron chi connectivity index (χ2n) is 7.31. The molecule has 0 aliphatic carbocycles. The summed E-state index contributed by atoms with van der Waals surface area (Å²) >= 11 is 0. The summed E-state index contributed by atoms with van der Waals surface area (Å²) in [5.41, 5.74) is 5.19. The lowest BCUT2D eigenvalue weighted by Crippen LogP contribution is -1.87. The van der Waals surface area contributed by atoms with Crippen LogP contribution < -0.4 is 0 Å². The number of aromatic nitrogens is 6. The lowest BCUT2D eigenvalue weighted by Gasteiger charge is -2.03. The number of benzene rings is 1. The van der Waals surface area contributed by atoms with Gasteiger partial charge >= 0.3 is 0 Å². The monoisotopic (exact) mass is 440 g/mol. The van der Waals surface area contributed by atoms with E-state index < -0.39 is 5.82 Å². The zero-order valence-corrected chi connectivity index (χ0v) is 17.4. The molecule has 4 heterocycles. The summed E-state index contributed by atoms with van der Waals surface area (Å²) in [5.74, 6) is -0.209. The van der Waals surface area contributed by atoms with Gasteiger partial charge < -0.3 is 10.1 Å². The first-order valence-electron chi connectivity index (χ1n) is 9.86. The molecule has 10 heteroatoms. The minimum Gasteiger partial charge on any atom is -0.508 e. The molecule has 0 spiro atoms. The third kappa shape index (κ3) is 3.74. The zero-order valence-electron chi connectivity index (χ0n) is 17.4. The predicted octanol–water partition coefficient (Wildman–Crippen LogP) is 4.50. The molecule has 5 rings (SSSR count).